The fraction of sp³-hybridized carbons (Fsp3) is 0.368. The summed E-state index contributed by atoms with van der Waals surface area (Å²) in [4.78, 5) is 25.3. The normalized spacial score (nSPS) is 13.0. The van der Waals surface area contributed by atoms with E-state index in [0.29, 0.717) is 26.4 Å². The smallest absolute Gasteiger partial charge is 0.341 e. The number of fused-ring (bicyclic) bond motifs is 1. The largest absolute Gasteiger partial charge is 0.488 e. The quantitative estimate of drug-likeness (QED) is 0.512. The van der Waals surface area contributed by atoms with Crippen LogP contribution in [0.25, 0.3) is 0 Å². The van der Waals surface area contributed by atoms with Crippen molar-refractivity contribution in [1.29, 1.82) is 0 Å². The van der Waals surface area contributed by atoms with Crippen LogP contribution in [0.5, 0.6) is 5.75 Å². The lowest BCUT2D eigenvalue weighted by Gasteiger charge is -2.13. The van der Waals surface area contributed by atoms with E-state index >= 15 is 0 Å². The molecule has 1 amide bonds. The van der Waals surface area contributed by atoms with Gasteiger partial charge in [0.2, 0.25) is 5.91 Å². The molecule has 1 aromatic carbocycles. The van der Waals surface area contributed by atoms with Crippen molar-refractivity contribution in [3.05, 3.63) is 44.2 Å². The number of rotatable bonds is 6. The van der Waals surface area contributed by atoms with Gasteiger partial charge in [-0.3, -0.25) is 4.79 Å². The number of nitrogens with one attached hydrogen (secondary N) is 1. The highest BCUT2D eigenvalue weighted by Crippen LogP contribution is 2.38. The number of esters is 1. The Balaban J connectivity index is 1.63. The van der Waals surface area contributed by atoms with Crippen molar-refractivity contribution in [2.75, 3.05) is 18.5 Å². The van der Waals surface area contributed by atoms with Crippen LogP contribution in [-0.4, -0.2) is 25.1 Å². The topological polar surface area (TPSA) is 64.6 Å². The molecule has 1 aromatic heterocycles. The molecule has 144 valence electrons. The van der Waals surface area contributed by atoms with Crippen molar-refractivity contribution in [2.45, 2.75) is 32.6 Å². The molecule has 0 radical (unpaired) electrons. The van der Waals surface area contributed by atoms with E-state index in [-0.39, 0.29) is 19.1 Å². The number of halogens is 2. The van der Waals surface area contributed by atoms with Crippen LogP contribution in [0.15, 0.2) is 18.2 Å². The van der Waals surface area contributed by atoms with Crippen molar-refractivity contribution in [2.24, 2.45) is 0 Å². The minimum absolute atomic E-state index is 0.0713. The maximum atomic E-state index is 12.6. The molecule has 1 aliphatic carbocycles. The van der Waals surface area contributed by atoms with Crippen molar-refractivity contribution >= 4 is 51.4 Å². The van der Waals surface area contributed by atoms with E-state index in [4.69, 9.17) is 32.7 Å². The number of carbonyl (C=O) groups is 2. The van der Waals surface area contributed by atoms with Crippen LogP contribution in [-0.2, 0) is 22.4 Å². The molecular weight excluding hydrogens is 409 g/mol. The van der Waals surface area contributed by atoms with Gasteiger partial charge >= 0.3 is 5.97 Å². The molecule has 0 spiro atoms. The van der Waals surface area contributed by atoms with E-state index < -0.39 is 5.97 Å². The number of benzene rings is 1. The summed E-state index contributed by atoms with van der Waals surface area (Å²) < 4.78 is 10.9. The van der Waals surface area contributed by atoms with Gasteiger partial charge in [-0.05, 0) is 49.4 Å². The third-order valence-corrected chi connectivity index (χ3v) is 5.87. The minimum Gasteiger partial charge on any atom is -0.488 e. The SMILES string of the molecule is CC(=O)Nc1sc2c(c1C(=O)OCCOc1ccc(Cl)cc1Cl)CCCC2. The molecule has 5 nitrogen and oxygen atoms in total. The van der Waals surface area contributed by atoms with E-state index in [0.717, 1.165) is 36.1 Å². The molecule has 8 heteroatoms. The lowest BCUT2D eigenvalue weighted by atomic mass is 9.95. The standard InChI is InChI=1S/C19H19Cl2NO4S/c1-11(23)22-18-17(13-4-2-3-5-16(13)27-18)19(24)26-9-8-25-15-7-6-12(20)10-14(15)21/h6-7,10H,2-5,8-9H2,1H3,(H,22,23). The van der Waals surface area contributed by atoms with Gasteiger partial charge in [-0.15, -0.1) is 11.3 Å². The van der Waals surface area contributed by atoms with E-state index in [1.165, 1.54) is 18.3 Å². The number of amides is 1. The molecule has 1 heterocycles. The molecule has 0 saturated heterocycles. The highest BCUT2D eigenvalue weighted by atomic mass is 35.5. The first-order chi connectivity index (χ1) is 13.0. The Kier molecular flexibility index (Phi) is 6.63. The summed E-state index contributed by atoms with van der Waals surface area (Å²) in [5.41, 5.74) is 1.48. The third-order valence-electron chi connectivity index (χ3n) is 4.13. The van der Waals surface area contributed by atoms with Gasteiger partial charge in [-0.1, -0.05) is 23.2 Å². The monoisotopic (exact) mass is 427 g/mol. The summed E-state index contributed by atoms with van der Waals surface area (Å²) in [6.07, 6.45) is 3.88. The first-order valence-electron chi connectivity index (χ1n) is 8.63. The van der Waals surface area contributed by atoms with Gasteiger partial charge in [0.1, 0.15) is 24.0 Å². The number of aryl methyl sites for hydroxylation is 1. The zero-order valence-electron chi connectivity index (χ0n) is 14.8. The molecule has 1 aliphatic rings. The van der Waals surface area contributed by atoms with Crippen LogP contribution in [0.3, 0.4) is 0 Å². The molecule has 3 rings (SSSR count). The predicted octanol–water partition coefficient (Wildman–Crippen LogP) is 5.13. The highest BCUT2D eigenvalue weighted by Gasteiger charge is 2.26. The number of ether oxygens (including phenoxy) is 2. The summed E-state index contributed by atoms with van der Waals surface area (Å²) in [7, 11) is 0. The Morgan fingerprint density at radius 2 is 1.96 bits per heavy atom. The zero-order valence-corrected chi connectivity index (χ0v) is 17.1. The third kappa shape index (κ3) is 4.94. The van der Waals surface area contributed by atoms with Gasteiger partial charge in [-0.2, -0.15) is 0 Å². The van der Waals surface area contributed by atoms with Crippen molar-refractivity contribution in [3.8, 4) is 5.75 Å². The first-order valence-corrected chi connectivity index (χ1v) is 10.2. The lowest BCUT2D eigenvalue weighted by molar-refractivity contribution is -0.114. The van der Waals surface area contributed by atoms with Gasteiger partial charge in [0.05, 0.1) is 10.6 Å². The predicted molar refractivity (Wildman–Crippen MR) is 108 cm³/mol. The molecule has 0 fully saturated rings. The van der Waals surface area contributed by atoms with Crippen LogP contribution in [0.2, 0.25) is 10.0 Å². The molecule has 0 saturated carbocycles. The summed E-state index contributed by atoms with van der Waals surface area (Å²) in [6.45, 7) is 1.66. The second-order valence-electron chi connectivity index (χ2n) is 6.16. The molecule has 0 aliphatic heterocycles. The average Bonchev–Trinajstić information content (AvgIpc) is 2.97. The number of carbonyl (C=O) groups excluding carboxylic acids is 2. The Hall–Kier alpha value is -1.76. The molecule has 27 heavy (non-hydrogen) atoms. The van der Waals surface area contributed by atoms with Crippen LogP contribution >= 0.6 is 34.5 Å². The zero-order chi connectivity index (χ0) is 19.4. The van der Waals surface area contributed by atoms with Crippen LogP contribution in [0.1, 0.15) is 40.6 Å². The maximum Gasteiger partial charge on any atom is 0.341 e. The first kappa shape index (κ1) is 20.0. The van der Waals surface area contributed by atoms with E-state index in [9.17, 15) is 9.59 Å². The summed E-state index contributed by atoms with van der Waals surface area (Å²) >= 11 is 13.4. The molecule has 0 bridgehead atoms. The van der Waals surface area contributed by atoms with Gasteiger partial charge in [-0.25, -0.2) is 4.79 Å². The fourth-order valence-corrected chi connectivity index (χ4v) is 4.77. The number of thiophene rings is 1. The van der Waals surface area contributed by atoms with Crippen LogP contribution in [0.4, 0.5) is 5.00 Å². The highest BCUT2D eigenvalue weighted by molar-refractivity contribution is 7.17. The summed E-state index contributed by atoms with van der Waals surface area (Å²) in [5.74, 6) is -0.170. The van der Waals surface area contributed by atoms with Crippen molar-refractivity contribution < 1.29 is 19.1 Å². The van der Waals surface area contributed by atoms with E-state index in [1.807, 2.05) is 0 Å². The Bertz CT molecular complexity index is 866. The Morgan fingerprint density at radius 1 is 1.19 bits per heavy atom. The van der Waals surface area contributed by atoms with E-state index in [2.05, 4.69) is 5.32 Å². The summed E-state index contributed by atoms with van der Waals surface area (Å²) in [5, 5.41) is 4.25. The molecule has 2 aromatic rings. The van der Waals surface area contributed by atoms with Gasteiger partial charge in [0, 0.05) is 16.8 Å². The number of hydrogen-bond acceptors (Lipinski definition) is 5. The fourth-order valence-electron chi connectivity index (χ4n) is 2.98. The second kappa shape index (κ2) is 8.95. The van der Waals surface area contributed by atoms with Crippen LogP contribution < -0.4 is 10.1 Å². The van der Waals surface area contributed by atoms with Gasteiger partial charge in [0.25, 0.3) is 0 Å². The lowest BCUT2D eigenvalue weighted by Crippen LogP contribution is -2.16. The van der Waals surface area contributed by atoms with Gasteiger partial charge < -0.3 is 14.8 Å². The number of anilines is 1. The average molecular weight is 428 g/mol. The maximum absolute atomic E-state index is 12.6. The van der Waals surface area contributed by atoms with E-state index in [1.54, 1.807) is 18.2 Å². The summed E-state index contributed by atoms with van der Waals surface area (Å²) in [6, 6.07) is 4.92. The Morgan fingerprint density at radius 3 is 2.70 bits per heavy atom. The molecule has 1 N–H and O–H groups in total. The Labute approximate surface area is 171 Å². The molecular formula is C19H19Cl2NO4S. The number of hydrogen-bond donors (Lipinski definition) is 1. The van der Waals surface area contributed by atoms with Crippen molar-refractivity contribution in [1.82, 2.24) is 0 Å². The molecule has 0 atom stereocenters. The van der Waals surface area contributed by atoms with Crippen LogP contribution in [0, 0.1) is 0 Å². The molecule has 0 unspecified atom stereocenters. The van der Waals surface area contributed by atoms with Gasteiger partial charge in [0.15, 0.2) is 0 Å². The van der Waals surface area contributed by atoms with Crippen molar-refractivity contribution in [3.63, 3.8) is 0 Å². The minimum atomic E-state index is -0.441. The second-order valence-corrected chi connectivity index (χ2v) is 8.10.